The molecule has 0 radical (unpaired) electrons. The molecule has 0 bridgehead atoms. The molecule has 0 aliphatic carbocycles. The first-order chi connectivity index (χ1) is 9.60. The Bertz CT molecular complexity index is 468. The van der Waals surface area contributed by atoms with E-state index in [4.69, 9.17) is 5.73 Å². The minimum absolute atomic E-state index is 0.540. The van der Waals surface area contributed by atoms with Gasteiger partial charge in [-0.3, -0.25) is 4.90 Å². The summed E-state index contributed by atoms with van der Waals surface area (Å²) >= 11 is 1.69. The smallest absolute Gasteiger partial charge is 0.189 e. The lowest BCUT2D eigenvalue weighted by atomic mass is 10.2. The van der Waals surface area contributed by atoms with Crippen molar-refractivity contribution in [3.05, 3.63) is 15.6 Å². The maximum atomic E-state index is 5.95. The zero-order valence-electron chi connectivity index (χ0n) is 12.6. The van der Waals surface area contributed by atoms with Crippen molar-refractivity contribution < 1.29 is 0 Å². The van der Waals surface area contributed by atoms with E-state index in [-0.39, 0.29) is 0 Å². The van der Waals surface area contributed by atoms with Crippen LogP contribution < -0.4 is 11.1 Å². The van der Waals surface area contributed by atoms with E-state index >= 15 is 0 Å². The first-order valence-electron chi connectivity index (χ1n) is 7.31. The van der Waals surface area contributed by atoms with Gasteiger partial charge in [-0.25, -0.2) is 9.98 Å². The molecule has 112 valence electrons. The summed E-state index contributed by atoms with van der Waals surface area (Å²) in [6, 6.07) is 0.598. The summed E-state index contributed by atoms with van der Waals surface area (Å²) in [6.45, 7) is 10.1. The third-order valence-electron chi connectivity index (χ3n) is 3.82. The molecule has 1 aliphatic rings. The normalized spacial score (nSPS) is 20.6. The van der Waals surface area contributed by atoms with Gasteiger partial charge in [0.15, 0.2) is 5.96 Å². The Labute approximate surface area is 125 Å². The molecule has 0 amide bonds. The van der Waals surface area contributed by atoms with Crippen LogP contribution >= 0.6 is 11.3 Å². The molecule has 1 fully saturated rings. The molecule has 1 saturated heterocycles. The van der Waals surface area contributed by atoms with Gasteiger partial charge in [0.2, 0.25) is 0 Å². The highest BCUT2D eigenvalue weighted by Crippen LogP contribution is 2.18. The number of aryl methyl sites for hydroxylation is 2. The van der Waals surface area contributed by atoms with Gasteiger partial charge < -0.3 is 11.1 Å². The fourth-order valence-corrected chi connectivity index (χ4v) is 3.56. The Morgan fingerprint density at radius 3 is 3.00 bits per heavy atom. The van der Waals surface area contributed by atoms with Gasteiger partial charge in [-0.15, -0.1) is 11.3 Å². The standard InChI is InChI=1S/C14H25N5S/c1-4-19-7-5-6-12(19)8-16-14(15)17-9-13-10(2)18-11(3)20-13/h12H,4-9H2,1-3H3,(H3,15,16,17). The van der Waals surface area contributed by atoms with Crippen molar-refractivity contribution in [1.82, 2.24) is 15.2 Å². The van der Waals surface area contributed by atoms with Crippen LogP contribution in [0.5, 0.6) is 0 Å². The highest BCUT2D eigenvalue weighted by atomic mass is 32.1. The monoisotopic (exact) mass is 295 g/mol. The molecule has 2 rings (SSSR count). The third-order valence-corrected chi connectivity index (χ3v) is 4.87. The van der Waals surface area contributed by atoms with Crippen LogP contribution in [-0.2, 0) is 6.54 Å². The highest BCUT2D eigenvalue weighted by molar-refractivity contribution is 7.11. The summed E-state index contributed by atoms with van der Waals surface area (Å²) in [4.78, 5) is 12.5. The third kappa shape index (κ3) is 3.93. The van der Waals surface area contributed by atoms with E-state index in [0.29, 0.717) is 18.5 Å². The van der Waals surface area contributed by atoms with Crippen molar-refractivity contribution in [2.24, 2.45) is 10.7 Å². The number of likely N-dealkylation sites (N-methyl/N-ethyl adjacent to an activating group) is 1. The van der Waals surface area contributed by atoms with Crippen LogP contribution in [0, 0.1) is 13.8 Å². The number of nitrogens with zero attached hydrogens (tertiary/aromatic N) is 3. The van der Waals surface area contributed by atoms with Gasteiger partial charge in [-0.1, -0.05) is 6.92 Å². The van der Waals surface area contributed by atoms with E-state index in [0.717, 1.165) is 23.8 Å². The number of aliphatic imine (C=N–C) groups is 1. The number of nitrogens with two attached hydrogens (primary N) is 1. The molecule has 6 heteroatoms. The Hall–Kier alpha value is -1.14. The molecule has 1 aliphatic heterocycles. The number of nitrogens with one attached hydrogen (secondary N) is 1. The zero-order chi connectivity index (χ0) is 14.5. The lowest BCUT2D eigenvalue weighted by Gasteiger charge is -2.23. The summed E-state index contributed by atoms with van der Waals surface area (Å²) in [7, 11) is 0. The topological polar surface area (TPSA) is 66.5 Å². The SMILES string of the molecule is CCN1CCCC1CNC(N)=NCc1sc(C)nc1C. The first kappa shape index (κ1) is 15.3. The summed E-state index contributed by atoms with van der Waals surface area (Å²) < 4.78 is 0. The average Bonchev–Trinajstić information content (AvgIpc) is 2.99. The van der Waals surface area contributed by atoms with Crippen molar-refractivity contribution in [3.63, 3.8) is 0 Å². The number of hydrogen-bond acceptors (Lipinski definition) is 4. The molecule has 0 spiro atoms. The number of thiazole rings is 1. The summed E-state index contributed by atoms with van der Waals surface area (Å²) in [6.07, 6.45) is 2.54. The largest absolute Gasteiger partial charge is 0.370 e. The van der Waals surface area contributed by atoms with Crippen LogP contribution in [0.4, 0.5) is 0 Å². The van der Waals surface area contributed by atoms with Gasteiger partial charge in [0, 0.05) is 17.5 Å². The first-order valence-corrected chi connectivity index (χ1v) is 8.12. The Balaban J connectivity index is 1.81. The molecular formula is C14H25N5S. The molecule has 1 aromatic heterocycles. The molecule has 1 atom stereocenters. The van der Waals surface area contributed by atoms with Gasteiger partial charge in [0.1, 0.15) is 0 Å². The predicted octanol–water partition coefficient (Wildman–Crippen LogP) is 1.65. The second-order valence-electron chi connectivity index (χ2n) is 5.25. The number of aromatic nitrogens is 1. The Morgan fingerprint density at radius 1 is 1.55 bits per heavy atom. The maximum absolute atomic E-state index is 5.95. The molecule has 2 heterocycles. The van der Waals surface area contributed by atoms with E-state index in [1.165, 1.54) is 24.3 Å². The number of likely N-dealkylation sites (tertiary alicyclic amines) is 1. The second-order valence-corrected chi connectivity index (χ2v) is 6.54. The van der Waals surface area contributed by atoms with Crippen molar-refractivity contribution in [3.8, 4) is 0 Å². The van der Waals surface area contributed by atoms with Crippen molar-refractivity contribution in [1.29, 1.82) is 0 Å². The highest BCUT2D eigenvalue weighted by Gasteiger charge is 2.22. The predicted molar refractivity (Wildman–Crippen MR) is 85.2 cm³/mol. The Morgan fingerprint density at radius 2 is 2.35 bits per heavy atom. The van der Waals surface area contributed by atoms with E-state index in [1.807, 2.05) is 13.8 Å². The molecule has 3 N–H and O–H groups in total. The number of rotatable bonds is 5. The van der Waals surface area contributed by atoms with Gasteiger partial charge in [-0.05, 0) is 39.8 Å². The fraction of sp³-hybridized carbons (Fsp3) is 0.714. The van der Waals surface area contributed by atoms with Crippen LogP contribution in [0.2, 0.25) is 0 Å². The average molecular weight is 295 g/mol. The van der Waals surface area contributed by atoms with E-state index in [9.17, 15) is 0 Å². The van der Waals surface area contributed by atoms with E-state index < -0.39 is 0 Å². The molecule has 20 heavy (non-hydrogen) atoms. The minimum atomic E-state index is 0.540. The van der Waals surface area contributed by atoms with Crippen LogP contribution in [0.1, 0.15) is 35.3 Å². The van der Waals surface area contributed by atoms with Crippen molar-refractivity contribution in [2.75, 3.05) is 19.6 Å². The number of guanidine groups is 1. The minimum Gasteiger partial charge on any atom is -0.370 e. The molecule has 0 saturated carbocycles. The molecule has 1 unspecified atom stereocenters. The van der Waals surface area contributed by atoms with Gasteiger partial charge in [0.05, 0.1) is 17.2 Å². The molecule has 5 nitrogen and oxygen atoms in total. The quantitative estimate of drug-likeness (QED) is 0.640. The van der Waals surface area contributed by atoms with E-state index in [1.54, 1.807) is 11.3 Å². The lowest BCUT2D eigenvalue weighted by Crippen LogP contribution is -2.42. The summed E-state index contributed by atoms with van der Waals surface area (Å²) in [5.41, 5.74) is 7.01. The summed E-state index contributed by atoms with van der Waals surface area (Å²) in [5.74, 6) is 0.540. The molecule has 0 aromatic carbocycles. The van der Waals surface area contributed by atoms with Crippen LogP contribution in [0.15, 0.2) is 4.99 Å². The van der Waals surface area contributed by atoms with Crippen molar-refractivity contribution >= 4 is 17.3 Å². The van der Waals surface area contributed by atoms with Gasteiger partial charge in [0.25, 0.3) is 0 Å². The van der Waals surface area contributed by atoms with Crippen LogP contribution in [0.3, 0.4) is 0 Å². The number of hydrogen-bond donors (Lipinski definition) is 2. The molecular weight excluding hydrogens is 270 g/mol. The second kappa shape index (κ2) is 7.04. The van der Waals surface area contributed by atoms with Crippen LogP contribution in [0.25, 0.3) is 0 Å². The van der Waals surface area contributed by atoms with Gasteiger partial charge >= 0.3 is 0 Å². The lowest BCUT2D eigenvalue weighted by molar-refractivity contribution is 0.267. The Kier molecular flexibility index (Phi) is 5.37. The van der Waals surface area contributed by atoms with E-state index in [2.05, 4.69) is 27.1 Å². The zero-order valence-corrected chi connectivity index (χ0v) is 13.5. The van der Waals surface area contributed by atoms with Gasteiger partial charge in [-0.2, -0.15) is 0 Å². The fourth-order valence-electron chi connectivity index (χ4n) is 2.70. The summed E-state index contributed by atoms with van der Waals surface area (Å²) in [5, 5.41) is 4.34. The van der Waals surface area contributed by atoms with Crippen LogP contribution in [-0.4, -0.2) is 41.5 Å². The molecule has 1 aromatic rings. The van der Waals surface area contributed by atoms with Crippen molar-refractivity contribution in [2.45, 2.75) is 46.2 Å². The maximum Gasteiger partial charge on any atom is 0.189 e.